The molecule has 3 rings (SSSR count). The van der Waals surface area contributed by atoms with Crippen LogP contribution in [0.15, 0.2) is 23.2 Å². The van der Waals surface area contributed by atoms with Crippen LogP contribution < -0.4 is 10.6 Å². The summed E-state index contributed by atoms with van der Waals surface area (Å²) in [6, 6.07) is 4.23. The molecule has 2 aliphatic heterocycles. The van der Waals surface area contributed by atoms with Gasteiger partial charge in [0.25, 0.3) is 0 Å². The topological polar surface area (TPSA) is 53.5 Å². The van der Waals surface area contributed by atoms with Gasteiger partial charge in [-0.2, -0.15) is 0 Å². The average Bonchev–Trinajstić information content (AvgIpc) is 2.46. The number of fused-ring (bicyclic) bond motifs is 2. The SMILES string of the molecule is O=C1Nc2ccc(F)cc2N=C2CNCCC12. The molecule has 1 amide bonds. The predicted molar refractivity (Wildman–Crippen MR) is 63.1 cm³/mol. The highest BCUT2D eigenvalue weighted by atomic mass is 19.1. The summed E-state index contributed by atoms with van der Waals surface area (Å²) in [7, 11) is 0. The summed E-state index contributed by atoms with van der Waals surface area (Å²) in [6.45, 7) is 1.40. The number of carbonyl (C=O) groups is 1. The van der Waals surface area contributed by atoms with Crippen LogP contribution in [0.25, 0.3) is 0 Å². The molecule has 1 atom stereocenters. The zero-order chi connectivity index (χ0) is 11.8. The molecular formula is C12H12FN3O. The van der Waals surface area contributed by atoms with Crippen LogP contribution in [0, 0.1) is 11.7 Å². The van der Waals surface area contributed by atoms with Gasteiger partial charge in [0, 0.05) is 18.3 Å². The Morgan fingerprint density at radius 2 is 2.29 bits per heavy atom. The van der Waals surface area contributed by atoms with E-state index in [0.717, 1.165) is 18.7 Å². The first kappa shape index (κ1) is 10.4. The molecule has 0 bridgehead atoms. The van der Waals surface area contributed by atoms with Crippen LogP contribution in [0.2, 0.25) is 0 Å². The van der Waals surface area contributed by atoms with Crippen molar-refractivity contribution in [1.82, 2.24) is 5.32 Å². The number of aliphatic imine (C=N–C) groups is 1. The number of amides is 1. The number of hydrogen-bond donors (Lipinski definition) is 2. The molecule has 1 aromatic carbocycles. The lowest BCUT2D eigenvalue weighted by molar-refractivity contribution is -0.118. The zero-order valence-electron chi connectivity index (χ0n) is 9.16. The number of halogens is 1. The molecule has 2 heterocycles. The van der Waals surface area contributed by atoms with Gasteiger partial charge in [0.2, 0.25) is 5.91 Å². The number of hydrogen-bond acceptors (Lipinski definition) is 3. The molecule has 5 heteroatoms. The average molecular weight is 233 g/mol. The third-order valence-corrected chi connectivity index (χ3v) is 3.12. The molecule has 2 aliphatic rings. The molecule has 1 saturated heterocycles. The maximum absolute atomic E-state index is 13.2. The van der Waals surface area contributed by atoms with Crippen molar-refractivity contribution in [2.45, 2.75) is 6.42 Å². The minimum Gasteiger partial charge on any atom is -0.324 e. The van der Waals surface area contributed by atoms with Gasteiger partial charge in [-0.1, -0.05) is 0 Å². The second-order valence-corrected chi connectivity index (χ2v) is 4.27. The Labute approximate surface area is 97.9 Å². The van der Waals surface area contributed by atoms with Gasteiger partial charge in [-0.15, -0.1) is 0 Å². The van der Waals surface area contributed by atoms with Crippen LogP contribution in [0.3, 0.4) is 0 Å². The van der Waals surface area contributed by atoms with E-state index in [-0.39, 0.29) is 17.6 Å². The Morgan fingerprint density at radius 1 is 1.41 bits per heavy atom. The van der Waals surface area contributed by atoms with Gasteiger partial charge in [-0.3, -0.25) is 9.79 Å². The highest BCUT2D eigenvalue weighted by Gasteiger charge is 2.30. The lowest BCUT2D eigenvalue weighted by atomic mass is 9.95. The van der Waals surface area contributed by atoms with Crippen LogP contribution in [-0.2, 0) is 4.79 Å². The molecular weight excluding hydrogens is 221 g/mol. The molecule has 4 nitrogen and oxygen atoms in total. The van der Waals surface area contributed by atoms with Crippen molar-refractivity contribution in [3.05, 3.63) is 24.0 Å². The highest BCUT2D eigenvalue weighted by Crippen LogP contribution is 2.31. The Morgan fingerprint density at radius 3 is 3.18 bits per heavy atom. The van der Waals surface area contributed by atoms with Gasteiger partial charge < -0.3 is 10.6 Å². The second-order valence-electron chi connectivity index (χ2n) is 4.27. The van der Waals surface area contributed by atoms with Crippen LogP contribution in [0.5, 0.6) is 0 Å². The monoisotopic (exact) mass is 233 g/mol. The third kappa shape index (κ3) is 1.82. The van der Waals surface area contributed by atoms with Crippen LogP contribution >= 0.6 is 0 Å². The van der Waals surface area contributed by atoms with E-state index in [1.54, 1.807) is 6.07 Å². The molecule has 88 valence electrons. The van der Waals surface area contributed by atoms with E-state index in [4.69, 9.17) is 0 Å². The molecule has 1 aromatic rings. The van der Waals surface area contributed by atoms with Crippen molar-refractivity contribution in [2.24, 2.45) is 10.9 Å². The number of anilines is 1. The van der Waals surface area contributed by atoms with Crippen molar-refractivity contribution in [3.8, 4) is 0 Å². The van der Waals surface area contributed by atoms with Gasteiger partial charge in [0.1, 0.15) is 5.82 Å². The third-order valence-electron chi connectivity index (χ3n) is 3.12. The van der Waals surface area contributed by atoms with E-state index in [9.17, 15) is 9.18 Å². The predicted octanol–water partition coefficient (Wildman–Crippen LogP) is 1.46. The first-order chi connectivity index (χ1) is 8.24. The fourth-order valence-corrected chi connectivity index (χ4v) is 2.23. The minimum absolute atomic E-state index is 0.0457. The fourth-order valence-electron chi connectivity index (χ4n) is 2.23. The number of nitrogens with one attached hydrogen (secondary N) is 2. The second kappa shape index (κ2) is 3.92. The van der Waals surface area contributed by atoms with Gasteiger partial charge in [0.05, 0.1) is 17.3 Å². The summed E-state index contributed by atoms with van der Waals surface area (Å²) in [5, 5.41) is 5.97. The molecule has 0 radical (unpaired) electrons. The Balaban J connectivity index is 2.09. The van der Waals surface area contributed by atoms with E-state index >= 15 is 0 Å². The summed E-state index contributed by atoms with van der Waals surface area (Å²) in [4.78, 5) is 16.4. The number of carbonyl (C=O) groups excluding carboxylic acids is 1. The quantitative estimate of drug-likeness (QED) is 0.712. The van der Waals surface area contributed by atoms with Crippen molar-refractivity contribution in [1.29, 1.82) is 0 Å². The number of nitrogens with zero attached hydrogens (tertiary/aromatic N) is 1. The lowest BCUT2D eigenvalue weighted by Gasteiger charge is -2.21. The molecule has 1 fully saturated rings. The molecule has 2 N–H and O–H groups in total. The van der Waals surface area contributed by atoms with Crippen LogP contribution in [0.1, 0.15) is 6.42 Å². The molecule has 0 saturated carbocycles. The zero-order valence-corrected chi connectivity index (χ0v) is 9.16. The summed E-state index contributed by atoms with van der Waals surface area (Å²) in [5.74, 6) is -0.577. The maximum Gasteiger partial charge on any atom is 0.233 e. The van der Waals surface area contributed by atoms with Crippen molar-refractivity contribution in [3.63, 3.8) is 0 Å². The largest absolute Gasteiger partial charge is 0.324 e. The van der Waals surface area contributed by atoms with Crippen LogP contribution in [0.4, 0.5) is 15.8 Å². The summed E-state index contributed by atoms with van der Waals surface area (Å²) >= 11 is 0. The van der Waals surface area contributed by atoms with Gasteiger partial charge in [0.15, 0.2) is 0 Å². The first-order valence-corrected chi connectivity index (χ1v) is 5.62. The number of rotatable bonds is 0. The Hall–Kier alpha value is -1.75. The molecule has 1 unspecified atom stereocenters. The molecule has 0 aromatic heterocycles. The summed E-state index contributed by atoms with van der Waals surface area (Å²) in [6.07, 6.45) is 0.737. The van der Waals surface area contributed by atoms with E-state index in [1.807, 2.05) is 0 Å². The van der Waals surface area contributed by atoms with Crippen molar-refractivity contribution < 1.29 is 9.18 Å². The summed E-state index contributed by atoms with van der Waals surface area (Å²) < 4.78 is 13.2. The number of benzene rings is 1. The molecule has 0 aliphatic carbocycles. The minimum atomic E-state index is -0.343. The fraction of sp³-hybridized carbons (Fsp3) is 0.333. The maximum atomic E-state index is 13.2. The molecule has 0 spiro atoms. The van der Waals surface area contributed by atoms with E-state index < -0.39 is 0 Å². The first-order valence-electron chi connectivity index (χ1n) is 5.62. The van der Waals surface area contributed by atoms with E-state index in [2.05, 4.69) is 15.6 Å². The summed E-state index contributed by atoms with van der Waals surface area (Å²) in [5.41, 5.74) is 1.87. The lowest BCUT2D eigenvalue weighted by Crippen LogP contribution is -2.41. The number of piperidine rings is 1. The van der Waals surface area contributed by atoms with Crippen molar-refractivity contribution >= 4 is 23.0 Å². The van der Waals surface area contributed by atoms with Crippen LogP contribution in [-0.4, -0.2) is 24.7 Å². The standard InChI is InChI=1S/C12H12FN3O/c13-7-1-2-9-10(5-7)15-11-6-14-4-3-8(11)12(17)16-9/h1-2,5,8,14H,3-4,6H2,(H,16,17). The highest BCUT2D eigenvalue weighted by molar-refractivity contribution is 6.14. The van der Waals surface area contributed by atoms with E-state index in [0.29, 0.717) is 17.9 Å². The van der Waals surface area contributed by atoms with Gasteiger partial charge in [-0.05, 0) is 25.1 Å². The smallest absolute Gasteiger partial charge is 0.233 e. The normalized spacial score (nSPS) is 23.0. The van der Waals surface area contributed by atoms with Crippen molar-refractivity contribution in [2.75, 3.05) is 18.4 Å². The van der Waals surface area contributed by atoms with Gasteiger partial charge >= 0.3 is 0 Å². The van der Waals surface area contributed by atoms with Gasteiger partial charge in [-0.25, -0.2) is 4.39 Å². The van der Waals surface area contributed by atoms with E-state index in [1.165, 1.54) is 12.1 Å². The molecule has 17 heavy (non-hydrogen) atoms. The Kier molecular flexibility index (Phi) is 2.40. The Bertz CT molecular complexity index is 512.